The Kier molecular flexibility index (Phi) is 7.03. The van der Waals surface area contributed by atoms with Gasteiger partial charge in [-0.3, -0.25) is 14.4 Å². The van der Waals surface area contributed by atoms with Crippen LogP contribution in [-0.4, -0.2) is 54.1 Å². The van der Waals surface area contributed by atoms with E-state index >= 15 is 0 Å². The monoisotopic (exact) mass is 486 g/mol. The van der Waals surface area contributed by atoms with Crippen molar-refractivity contribution in [2.45, 2.75) is 25.3 Å². The van der Waals surface area contributed by atoms with Crippen molar-refractivity contribution in [1.29, 1.82) is 0 Å². The molecule has 0 aliphatic heterocycles. The van der Waals surface area contributed by atoms with E-state index in [0.29, 0.717) is 37.8 Å². The molecule has 0 bridgehead atoms. The van der Waals surface area contributed by atoms with Gasteiger partial charge in [0, 0.05) is 17.7 Å². The molecule has 9 nitrogen and oxygen atoms in total. The van der Waals surface area contributed by atoms with Gasteiger partial charge in [0.05, 0.1) is 36.0 Å². The van der Waals surface area contributed by atoms with Gasteiger partial charge in [0.25, 0.3) is 0 Å². The van der Waals surface area contributed by atoms with Crippen LogP contribution < -0.4 is 20.7 Å². The van der Waals surface area contributed by atoms with Crippen LogP contribution in [0.3, 0.4) is 0 Å². The Morgan fingerprint density at radius 2 is 1.97 bits per heavy atom. The molecule has 3 amide bonds. The van der Waals surface area contributed by atoms with E-state index in [2.05, 4.69) is 20.9 Å². The first-order valence-electron chi connectivity index (χ1n) is 10.6. The van der Waals surface area contributed by atoms with E-state index in [4.69, 9.17) is 9.84 Å². The third-order valence-electron chi connectivity index (χ3n) is 5.15. The minimum Gasteiger partial charge on any atom is -0.495 e. The largest absolute Gasteiger partial charge is 0.495 e. The van der Waals surface area contributed by atoms with E-state index in [9.17, 15) is 18.8 Å². The van der Waals surface area contributed by atoms with Gasteiger partial charge < -0.3 is 25.8 Å². The Labute approximate surface area is 198 Å². The SMILES string of the molecule is COc1cc(-c2cc3sc(CC(=O)NCC(=O)NC4CC4)nc3cc2F)ccc1NC(=O)CO. The molecular weight excluding hydrogens is 463 g/mol. The summed E-state index contributed by atoms with van der Waals surface area (Å²) in [5, 5.41) is 17.3. The molecule has 1 saturated carbocycles. The van der Waals surface area contributed by atoms with Crippen LogP contribution in [0.2, 0.25) is 0 Å². The highest BCUT2D eigenvalue weighted by Gasteiger charge is 2.23. The molecule has 4 rings (SSSR count). The lowest BCUT2D eigenvalue weighted by Crippen LogP contribution is -2.38. The number of nitrogens with one attached hydrogen (secondary N) is 3. The lowest BCUT2D eigenvalue weighted by Gasteiger charge is -2.12. The number of amides is 3. The Hall–Kier alpha value is -3.57. The average molecular weight is 487 g/mol. The van der Waals surface area contributed by atoms with Gasteiger partial charge in [-0.25, -0.2) is 9.37 Å². The molecule has 1 fully saturated rings. The number of aromatic nitrogens is 1. The first-order valence-corrected chi connectivity index (χ1v) is 11.4. The normalized spacial score (nSPS) is 12.9. The third kappa shape index (κ3) is 5.67. The Balaban J connectivity index is 1.49. The predicted octanol–water partition coefficient (Wildman–Crippen LogP) is 1.98. The van der Waals surface area contributed by atoms with E-state index in [1.54, 1.807) is 24.3 Å². The van der Waals surface area contributed by atoms with Crippen LogP contribution in [-0.2, 0) is 20.8 Å². The molecule has 3 aromatic rings. The van der Waals surface area contributed by atoms with Gasteiger partial charge in [-0.2, -0.15) is 0 Å². The number of nitrogens with zero attached hydrogens (tertiary/aromatic N) is 1. The number of aliphatic hydroxyl groups excluding tert-OH is 1. The topological polar surface area (TPSA) is 130 Å². The number of fused-ring (bicyclic) bond motifs is 1. The summed E-state index contributed by atoms with van der Waals surface area (Å²) in [6.07, 6.45) is 1.93. The van der Waals surface area contributed by atoms with Crippen molar-refractivity contribution in [3.05, 3.63) is 41.2 Å². The summed E-state index contributed by atoms with van der Waals surface area (Å²) in [6, 6.07) is 7.95. The van der Waals surface area contributed by atoms with Crippen LogP contribution >= 0.6 is 11.3 Å². The van der Waals surface area contributed by atoms with Crippen molar-refractivity contribution in [1.82, 2.24) is 15.6 Å². The van der Waals surface area contributed by atoms with Crippen molar-refractivity contribution in [3.8, 4) is 16.9 Å². The van der Waals surface area contributed by atoms with E-state index in [-0.39, 0.29) is 30.8 Å². The number of carbonyl (C=O) groups excluding carboxylic acids is 3. The molecule has 1 aromatic heterocycles. The van der Waals surface area contributed by atoms with Crippen molar-refractivity contribution < 1.29 is 28.6 Å². The van der Waals surface area contributed by atoms with Crippen molar-refractivity contribution in [2.24, 2.45) is 0 Å². The summed E-state index contributed by atoms with van der Waals surface area (Å²) in [5.41, 5.74) is 1.61. The lowest BCUT2D eigenvalue weighted by atomic mass is 10.0. The van der Waals surface area contributed by atoms with E-state index < -0.39 is 18.3 Å². The minimum absolute atomic E-state index is 0.0138. The van der Waals surface area contributed by atoms with Gasteiger partial charge in [0.2, 0.25) is 17.7 Å². The van der Waals surface area contributed by atoms with Gasteiger partial charge in [-0.1, -0.05) is 6.07 Å². The standard InChI is InChI=1S/C23H23FN4O5S/c1-33-18-6-12(2-5-16(18)27-22(32)11-29)14-7-19-17(8-15(14)24)28-23(34-19)9-20(30)25-10-21(31)26-13-3-4-13/h2,5-8,13,29H,3-4,9-11H2,1H3,(H,25,30)(H,26,31)(H,27,32). The lowest BCUT2D eigenvalue weighted by molar-refractivity contribution is -0.125. The maximum absolute atomic E-state index is 14.9. The average Bonchev–Trinajstić information content (AvgIpc) is 3.55. The highest BCUT2D eigenvalue weighted by atomic mass is 32.1. The zero-order valence-corrected chi connectivity index (χ0v) is 19.1. The predicted molar refractivity (Wildman–Crippen MR) is 125 cm³/mol. The number of carbonyl (C=O) groups is 3. The molecule has 1 aliphatic rings. The number of benzene rings is 2. The zero-order chi connectivity index (χ0) is 24.2. The van der Waals surface area contributed by atoms with Crippen LogP contribution in [0.5, 0.6) is 5.75 Å². The van der Waals surface area contributed by atoms with Gasteiger partial charge in [-0.15, -0.1) is 11.3 Å². The summed E-state index contributed by atoms with van der Waals surface area (Å²) >= 11 is 1.27. The summed E-state index contributed by atoms with van der Waals surface area (Å²) in [6.45, 7) is -0.759. The number of aliphatic hydroxyl groups is 1. The second-order valence-electron chi connectivity index (χ2n) is 7.82. The third-order valence-corrected chi connectivity index (χ3v) is 6.17. The van der Waals surface area contributed by atoms with Gasteiger partial charge in [0.1, 0.15) is 23.2 Å². The van der Waals surface area contributed by atoms with Crippen molar-refractivity contribution in [2.75, 3.05) is 25.6 Å². The second kappa shape index (κ2) is 10.1. The van der Waals surface area contributed by atoms with Crippen LogP contribution in [0.15, 0.2) is 30.3 Å². The summed E-state index contributed by atoms with van der Waals surface area (Å²) < 4.78 is 20.9. The summed E-state index contributed by atoms with van der Waals surface area (Å²) in [4.78, 5) is 39.7. The number of hydrogen-bond donors (Lipinski definition) is 4. The first-order chi connectivity index (χ1) is 16.4. The number of ether oxygens (including phenoxy) is 1. The first kappa shape index (κ1) is 23.6. The molecule has 0 atom stereocenters. The molecule has 0 unspecified atom stereocenters. The van der Waals surface area contributed by atoms with Gasteiger partial charge >= 0.3 is 0 Å². The summed E-state index contributed by atoms with van der Waals surface area (Å²) in [5.74, 6) is -1.34. The number of methoxy groups -OCH3 is 1. The molecule has 0 spiro atoms. The zero-order valence-electron chi connectivity index (χ0n) is 18.3. The Morgan fingerprint density at radius 1 is 1.18 bits per heavy atom. The van der Waals surface area contributed by atoms with Crippen molar-refractivity contribution in [3.63, 3.8) is 0 Å². The molecule has 1 aliphatic carbocycles. The number of rotatable bonds is 9. The fourth-order valence-electron chi connectivity index (χ4n) is 3.33. The smallest absolute Gasteiger partial charge is 0.250 e. The van der Waals surface area contributed by atoms with Gasteiger partial charge in [-0.05, 0) is 36.6 Å². The number of anilines is 1. The Morgan fingerprint density at radius 3 is 2.68 bits per heavy atom. The quantitative estimate of drug-likeness (QED) is 0.366. The number of thiazole rings is 1. The summed E-state index contributed by atoms with van der Waals surface area (Å²) in [7, 11) is 1.42. The fraction of sp³-hybridized carbons (Fsp3) is 0.304. The molecule has 178 valence electrons. The van der Waals surface area contributed by atoms with Crippen LogP contribution in [0.25, 0.3) is 21.3 Å². The van der Waals surface area contributed by atoms with Crippen LogP contribution in [0, 0.1) is 5.82 Å². The number of halogens is 1. The van der Waals surface area contributed by atoms with E-state index in [1.807, 2.05) is 0 Å². The molecule has 1 heterocycles. The van der Waals surface area contributed by atoms with E-state index in [1.165, 1.54) is 24.5 Å². The fourth-order valence-corrected chi connectivity index (χ4v) is 4.32. The van der Waals surface area contributed by atoms with Crippen molar-refractivity contribution >= 4 is 45.0 Å². The second-order valence-corrected chi connectivity index (χ2v) is 8.94. The van der Waals surface area contributed by atoms with Crippen LogP contribution in [0.4, 0.5) is 10.1 Å². The maximum Gasteiger partial charge on any atom is 0.250 e. The molecule has 0 radical (unpaired) electrons. The van der Waals surface area contributed by atoms with Crippen LogP contribution in [0.1, 0.15) is 17.8 Å². The highest BCUT2D eigenvalue weighted by Crippen LogP contribution is 2.35. The van der Waals surface area contributed by atoms with E-state index in [0.717, 1.165) is 12.8 Å². The number of hydrogen-bond acceptors (Lipinski definition) is 7. The Bertz CT molecular complexity index is 1260. The molecule has 11 heteroatoms. The highest BCUT2D eigenvalue weighted by molar-refractivity contribution is 7.18. The molecule has 2 aromatic carbocycles. The minimum atomic E-state index is -0.671. The van der Waals surface area contributed by atoms with Gasteiger partial charge in [0.15, 0.2) is 0 Å². The molecule has 4 N–H and O–H groups in total. The molecule has 34 heavy (non-hydrogen) atoms. The molecular formula is C23H23FN4O5S. The maximum atomic E-state index is 14.9. The molecule has 0 saturated heterocycles.